The van der Waals surface area contributed by atoms with Crippen LogP contribution in [0.4, 0.5) is 23.7 Å². The van der Waals surface area contributed by atoms with Crippen molar-refractivity contribution in [1.29, 1.82) is 0 Å². The van der Waals surface area contributed by atoms with E-state index >= 15 is 0 Å². The van der Waals surface area contributed by atoms with Gasteiger partial charge in [0.25, 0.3) is 0 Å². The van der Waals surface area contributed by atoms with Crippen LogP contribution in [-0.4, -0.2) is 58.8 Å². The van der Waals surface area contributed by atoms with Gasteiger partial charge in [0.1, 0.15) is 0 Å². The van der Waals surface area contributed by atoms with E-state index in [0.717, 1.165) is 30.9 Å². The van der Waals surface area contributed by atoms with E-state index in [1.165, 1.54) is 5.56 Å². The maximum atomic E-state index is 13.7. The number of hydrogen-bond acceptors (Lipinski definition) is 5. The highest BCUT2D eigenvalue weighted by atomic mass is 19.4. The van der Waals surface area contributed by atoms with Crippen molar-refractivity contribution in [1.82, 2.24) is 20.0 Å². The van der Waals surface area contributed by atoms with Crippen LogP contribution in [0.15, 0.2) is 101 Å². The lowest BCUT2D eigenvalue weighted by molar-refractivity contribution is -0.157. The number of carbonyl (C=O) groups excluding carboxylic acids is 1. The molecule has 0 spiro atoms. The maximum Gasteiger partial charge on any atom is 0.470 e. The summed E-state index contributed by atoms with van der Waals surface area (Å²) in [6.45, 7) is 3.93. The number of amides is 2. The molecule has 1 atom stereocenters. The molecule has 0 radical (unpaired) electrons. The molecule has 0 N–H and O–H groups in total. The summed E-state index contributed by atoms with van der Waals surface area (Å²) in [5.41, 5.74) is 2.82. The number of nitrogens with zero attached hydrogens (tertiary/aromatic N) is 5. The standard InChI is InChI=1S/C29H28F3N5O2/c30-29(31,32)27-34-33-26(39-27)24-11-7-10-23(14-15-24)21-37(25-12-5-2-6-13-25)28(38)36-18-16-35(17-19-36)20-22-8-3-1-4-9-22/h1-15,24H,16-21H2. The number of carbonyl (C=O) groups is 1. The number of halogens is 3. The first-order valence-corrected chi connectivity index (χ1v) is 12.7. The summed E-state index contributed by atoms with van der Waals surface area (Å²) in [5, 5.41) is 6.68. The van der Waals surface area contributed by atoms with Gasteiger partial charge in [-0.1, -0.05) is 78.9 Å². The van der Waals surface area contributed by atoms with E-state index in [0.29, 0.717) is 13.1 Å². The van der Waals surface area contributed by atoms with Crippen LogP contribution >= 0.6 is 0 Å². The molecule has 10 heteroatoms. The van der Waals surface area contributed by atoms with Gasteiger partial charge < -0.3 is 9.32 Å². The van der Waals surface area contributed by atoms with E-state index < -0.39 is 18.0 Å². The predicted octanol–water partition coefficient (Wildman–Crippen LogP) is 5.67. The topological polar surface area (TPSA) is 65.7 Å². The van der Waals surface area contributed by atoms with Crippen molar-refractivity contribution in [3.05, 3.63) is 114 Å². The zero-order valence-electron chi connectivity index (χ0n) is 21.2. The Kier molecular flexibility index (Phi) is 7.92. The van der Waals surface area contributed by atoms with Gasteiger partial charge in [0.15, 0.2) is 0 Å². The third kappa shape index (κ3) is 6.64. The first-order valence-electron chi connectivity index (χ1n) is 12.7. The second-order valence-corrected chi connectivity index (χ2v) is 9.41. The average Bonchev–Trinajstić information content (AvgIpc) is 3.34. The van der Waals surface area contributed by atoms with Gasteiger partial charge in [0.2, 0.25) is 5.89 Å². The monoisotopic (exact) mass is 535 g/mol. The molecule has 1 unspecified atom stereocenters. The van der Waals surface area contributed by atoms with Crippen LogP contribution in [-0.2, 0) is 12.7 Å². The highest BCUT2D eigenvalue weighted by molar-refractivity contribution is 5.92. The molecule has 1 saturated heterocycles. The number of urea groups is 1. The second kappa shape index (κ2) is 11.7. The minimum absolute atomic E-state index is 0.0913. The van der Waals surface area contributed by atoms with Crippen molar-refractivity contribution < 1.29 is 22.4 Å². The number of allylic oxidation sites excluding steroid dienone is 4. The summed E-state index contributed by atoms with van der Waals surface area (Å²) in [5.74, 6) is -2.13. The molecule has 2 heterocycles. The van der Waals surface area contributed by atoms with Gasteiger partial charge in [0, 0.05) is 38.4 Å². The van der Waals surface area contributed by atoms with Crippen molar-refractivity contribution in [3.63, 3.8) is 0 Å². The Labute approximate surface area is 224 Å². The first-order chi connectivity index (χ1) is 18.9. The van der Waals surface area contributed by atoms with Gasteiger partial charge in [-0.2, -0.15) is 13.2 Å². The van der Waals surface area contributed by atoms with Gasteiger partial charge in [-0.05, 0) is 23.3 Å². The smallest absolute Gasteiger partial charge is 0.416 e. The lowest BCUT2D eigenvalue weighted by Gasteiger charge is -2.37. The van der Waals surface area contributed by atoms with E-state index in [-0.39, 0.29) is 18.5 Å². The predicted molar refractivity (Wildman–Crippen MR) is 141 cm³/mol. The third-order valence-corrected chi connectivity index (χ3v) is 6.65. The van der Waals surface area contributed by atoms with Crippen molar-refractivity contribution >= 4 is 11.7 Å². The highest BCUT2D eigenvalue weighted by Crippen LogP contribution is 2.30. The number of aromatic nitrogens is 2. The second-order valence-electron chi connectivity index (χ2n) is 9.41. The normalized spacial score (nSPS) is 18.1. The number of benzene rings is 2. The molecule has 3 aromatic rings. The van der Waals surface area contributed by atoms with Crippen LogP contribution in [0.25, 0.3) is 0 Å². The van der Waals surface area contributed by atoms with Gasteiger partial charge in [-0.3, -0.25) is 9.80 Å². The number of piperazine rings is 1. The van der Waals surface area contributed by atoms with Crippen LogP contribution in [0.2, 0.25) is 0 Å². The van der Waals surface area contributed by atoms with Crippen molar-refractivity contribution in [3.8, 4) is 0 Å². The van der Waals surface area contributed by atoms with Crippen LogP contribution in [0, 0.1) is 0 Å². The summed E-state index contributed by atoms with van der Waals surface area (Å²) >= 11 is 0. The molecule has 0 saturated carbocycles. The van der Waals surface area contributed by atoms with E-state index in [1.807, 2.05) is 59.5 Å². The summed E-state index contributed by atoms with van der Waals surface area (Å²) < 4.78 is 43.5. The lowest BCUT2D eigenvalue weighted by atomic mass is 10.1. The lowest BCUT2D eigenvalue weighted by Crippen LogP contribution is -2.53. The van der Waals surface area contributed by atoms with Gasteiger partial charge in [0.05, 0.1) is 12.5 Å². The maximum absolute atomic E-state index is 13.7. The molecule has 7 nitrogen and oxygen atoms in total. The largest absolute Gasteiger partial charge is 0.470 e. The van der Waals surface area contributed by atoms with E-state index in [9.17, 15) is 18.0 Å². The summed E-state index contributed by atoms with van der Waals surface area (Å²) in [6, 6.07) is 19.6. The van der Waals surface area contributed by atoms with E-state index in [2.05, 4.69) is 27.2 Å². The van der Waals surface area contributed by atoms with Crippen LogP contribution in [0.3, 0.4) is 0 Å². The SMILES string of the molecule is O=C(N1CCN(Cc2ccccc2)CC1)N(CC1=CC=CC(c2nnc(C(F)(F)F)o2)C=C1)c1ccccc1. The number of alkyl halides is 3. The molecule has 1 aromatic heterocycles. The van der Waals surface area contributed by atoms with Crippen molar-refractivity contribution in [2.45, 2.75) is 18.6 Å². The van der Waals surface area contributed by atoms with Gasteiger partial charge in [-0.25, -0.2) is 4.79 Å². The Bertz CT molecular complexity index is 1340. The molecule has 2 aliphatic rings. The summed E-state index contributed by atoms with van der Waals surface area (Å²) in [4.78, 5) is 19.7. The number of rotatable bonds is 6. The van der Waals surface area contributed by atoms with Gasteiger partial charge >= 0.3 is 18.1 Å². The Hall–Kier alpha value is -4.18. The fourth-order valence-electron chi connectivity index (χ4n) is 4.57. The van der Waals surface area contributed by atoms with Crippen molar-refractivity contribution in [2.24, 2.45) is 0 Å². The fourth-order valence-corrected chi connectivity index (χ4v) is 4.57. The minimum atomic E-state index is -4.70. The molecule has 202 valence electrons. The minimum Gasteiger partial charge on any atom is -0.416 e. The molecule has 1 aliphatic carbocycles. The molecule has 2 aromatic carbocycles. The molecule has 2 amide bonds. The molecular weight excluding hydrogens is 507 g/mol. The average molecular weight is 536 g/mol. The molecule has 5 rings (SSSR count). The zero-order chi connectivity index (χ0) is 27.2. The van der Waals surface area contributed by atoms with E-state index in [4.69, 9.17) is 4.42 Å². The zero-order valence-corrected chi connectivity index (χ0v) is 21.2. The highest BCUT2D eigenvalue weighted by Gasteiger charge is 2.38. The quantitative estimate of drug-likeness (QED) is 0.407. The van der Waals surface area contributed by atoms with Gasteiger partial charge in [-0.15, -0.1) is 10.2 Å². The number of anilines is 1. The number of hydrogen-bond donors (Lipinski definition) is 0. The Morgan fingerprint density at radius 2 is 1.64 bits per heavy atom. The third-order valence-electron chi connectivity index (χ3n) is 6.65. The molecule has 1 fully saturated rings. The summed E-state index contributed by atoms with van der Waals surface area (Å²) in [7, 11) is 0. The fraction of sp³-hybridized carbons (Fsp3) is 0.276. The van der Waals surface area contributed by atoms with E-state index in [1.54, 1.807) is 29.2 Å². The number of para-hydroxylation sites is 1. The molecule has 39 heavy (non-hydrogen) atoms. The Morgan fingerprint density at radius 1 is 0.949 bits per heavy atom. The molecule has 1 aliphatic heterocycles. The van der Waals surface area contributed by atoms with Crippen LogP contribution in [0.1, 0.15) is 23.3 Å². The van der Waals surface area contributed by atoms with Crippen LogP contribution in [0.5, 0.6) is 0 Å². The Balaban J connectivity index is 1.26. The molecule has 0 bridgehead atoms. The first kappa shape index (κ1) is 26.4. The Morgan fingerprint density at radius 3 is 2.31 bits per heavy atom. The summed E-state index contributed by atoms with van der Waals surface area (Å²) in [6.07, 6.45) is 4.02. The molecular formula is C29H28F3N5O2. The van der Waals surface area contributed by atoms with Crippen LogP contribution < -0.4 is 4.90 Å². The van der Waals surface area contributed by atoms with Crippen molar-refractivity contribution in [2.75, 3.05) is 37.6 Å².